The molecule has 0 radical (unpaired) electrons. The van der Waals surface area contributed by atoms with Gasteiger partial charge in [-0.05, 0) is 48.9 Å². The summed E-state index contributed by atoms with van der Waals surface area (Å²) < 4.78 is 7.54. The molecule has 4 aromatic rings. The highest BCUT2D eigenvalue weighted by Crippen LogP contribution is 2.40. The standard InChI is InChI=1S/C23H19ClN6O2/c1-14-22-18(15-5-4-7-17(11-15)32-13-16-6-2-3-10-25-16)12-21(31)26-23(22)30(29-14)20-9-8-19(24)27-28-20/h2-11,18H,12-13H2,1H3,(H,26,31)/t18-/m1/s1. The van der Waals surface area contributed by atoms with E-state index in [4.69, 9.17) is 16.3 Å². The van der Waals surface area contributed by atoms with Gasteiger partial charge in [0.05, 0.1) is 11.4 Å². The van der Waals surface area contributed by atoms with Crippen molar-refractivity contribution >= 4 is 23.3 Å². The monoisotopic (exact) mass is 446 g/mol. The number of anilines is 1. The topological polar surface area (TPSA) is 94.8 Å². The summed E-state index contributed by atoms with van der Waals surface area (Å²) in [5.74, 6) is 1.54. The molecule has 1 aliphatic rings. The van der Waals surface area contributed by atoms with Crippen LogP contribution in [0.3, 0.4) is 0 Å². The molecule has 0 fully saturated rings. The first kappa shape index (κ1) is 20.1. The molecular formula is C23H19ClN6O2. The first-order valence-corrected chi connectivity index (χ1v) is 10.5. The fourth-order valence-corrected chi connectivity index (χ4v) is 3.98. The Kier molecular flexibility index (Phi) is 5.28. The molecule has 1 aliphatic heterocycles. The van der Waals surface area contributed by atoms with Gasteiger partial charge < -0.3 is 10.1 Å². The lowest BCUT2D eigenvalue weighted by Crippen LogP contribution is -2.25. The number of nitrogens with one attached hydrogen (secondary N) is 1. The highest BCUT2D eigenvalue weighted by molar-refractivity contribution is 6.29. The van der Waals surface area contributed by atoms with Crippen LogP contribution in [0.2, 0.25) is 5.15 Å². The predicted molar refractivity (Wildman–Crippen MR) is 119 cm³/mol. The molecule has 0 unspecified atom stereocenters. The second-order valence-electron chi connectivity index (χ2n) is 7.46. The van der Waals surface area contributed by atoms with Crippen molar-refractivity contribution in [3.8, 4) is 11.6 Å². The van der Waals surface area contributed by atoms with Gasteiger partial charge in [0.1, 0.15) is 18.2 Å². The van der Waals surface area contributed by atoms with Crippen molar-refractivity contribution in [2.75, 3.05) is 5.32 Å². The molecule has 1 N–H and O–H groups in total. The molecular weight excluding hydrogens is 428 g/mol. The third-order valence-corrected chi connectivity index (χ3v) is 5.51. The molecule has 160 valence electrons. The molecule has 1 amide bonds. The van der Waals surface area contributed by atoms with Crippen molar-refractivity contribution in [1.29, 1.82) is 0 Å². The van der Waals surface area contributed by atoms with E-state index >= 15 is 0 Å². The minimum atomic E-state index is -0.161. The number of amides is 1. The van der Waals surface area contributed by atoms with Crippen LogP contribution in [-0.2, 0) is 11.4 Å². The highest BCUT2D eigenvalue weighted by atomic mass is 35.5. The minimum Gasteiger partial charge on any atom is -0.487 e. The van der Waals surface area contributed by atoms with Crippen LogP contribution in [0, 0.1) is 6.92 Å². The Bertz CT molecular complexity index is 1270. The van der Waals surface area contributed by atoms with Gasteiger partial charge in [0.15, 0.2) is 11.0 Å². The van der Waals surface area contributed by atoms with Crippen LogP contribution in [0.25, 0.3) is 5.82 Å². The fraction of sp³-hybridized carbons (Fsp3) is 0.174. The van der Waals surface area contributed by atoms with E-state index in [2.05, 4.69) is 25.6 Å². The molecule has 4 heterocycles. The van der Waals surface area contributed by atoms with E-state index in [1.54, 1.807) is 23.0 Å². The first-order valence-electron chi connectivity index (χ1n) is 10.1. The summed E-state index contributed by atoms with van der Waals surface area (Å²) >= 11 is 5.86. The first-order chi connectivity index (χ1) is 15.6. The minimum absolute atomic E-state index is 0.0922. The second kappa shape index (κ2) is 8.39. The van der Waals surface area contributed by atoms with Crippen LogP contribution in [0.4, 0.5) is 5.82 Å². The summed E-state index contributed by atoms with van der Waals surface area (Å²) in [6.07, 6.45) is 2.05. The quantitative estimate of drug-likeness (QED) is 0.496. The molecule has 0 saturated carbocycles. The van der Waals surface area contributed by atoms with Crippen LogP contribution in [-0.4, -0.2) is 30.9 Å². The highest BCUT2D eigenvalue weighted by Gasteiger charge is 2.33. The van der Waals surface area contributed by atoms with E-state index in [0.29, 0.717) is 30.4 Å². The number of pyridine rings is 1. The molecule has 1 aromatic carbocycles. The molecule has 32 heavy (non-hydrogen) atoms. The zero-order valence-electron chi connectivity index (χ0n) is 17.2. The van der Waals surface area contributed by atoms with Gasteiger partial charge in [-0.15, -0.1) is 10.2 Å². The molecule has 0 bridgehead atoms. The molecule has 5 rings (SSSR count). The summed E-state index contributed by atoms with van der Waals surface area (Å²) in [5.41, 5.74) is 3.58. The van der Waals surface area contributed by atoms with Crippen LogP contribution in [0.1, 0.15) is 34.9 Å². The number of nitrogens with zero attached hydrogens (tertiary/aromatic N) is 5. The Balaban J connectivity index is 1.48. The number of rotatable bonds is 5. The van der Waals surface area contributed by atoms with Crippen LogP contribution in [0.15, 0.2) is 60.8 Å². The van der Waals surface area contributed by atoms with Gasteiger partial charge in [0.2, 0.25) is 5.91 Å². The van der Waals surface area contributed by atoms with E-state index in [0.717, 1.165) is 22.5 Å². The van der Waals surface area contributed by atoms with Crippen LogP contribution in [0.5, 0.6) is 5.75 Å². The number of aryl methyl sites for hydroxylation is 1. The van der Waals surface area contributed by atoms with Crippen LogP contribution < -0.4 is 10.1 Å². The van der Waals surface area contributed by atoms with Crippen molar-refractivity contribution < 1.29 is 9.53 Å². The summed E-state index contributed by atoms with van der Waals surface area (Å²) in [6.45, 7) is 2.29. The number of halogens is 1. The maximum atomic E-state index is 12.6. The number of carbonyl (C=O) groups is 1. The molecule has 8 nitrogen and oxygen atoms in total. The summed E-state index contributed by atoms with van der Waals surface area (Å²) in [4.78, 5) is 16.9. The number of benzene rings is 1. The van der Waals surface area contributed by atoms with E-state index in [-0.39, 0.29) is 17.0 Å². The van der Waals surface area contributed by atoms with E-state index in [9.17, 15) is 4.79 Å². The third-order valence-electron chi connectivity index (χ3n) is 5.31. The Morgan fingerprint density at radius 2 is 2.06 bits per heavy atom. The molecule has 0 saturated heterocycles. The summed E-state index contributed by atoms with van der Waals surface area (Å²) in [6, 6.07) is 16.9. The number of hydrogen-bond acceptors (Lipinski definition) is 6. The van der Waals surface area contributed by atoms with Gasteiger partial charge in [-0.1, -0.05) is 29.8 Å². The van der Waals surface area contributed by atoms with E-state index in [1.807, 2.05) is 49.4 Å². The number of fused-ring (bicyclic) bond motifs is 1. The number of aromatic nitrogens is 5. The van der Waals surface area contributed by atoms with Crippen molar-refractivity contribution in [3.05, 3.63) is 88.5 Å². The zero-order chi connectivity index (χ0) is 22.1. The summed E-state index contributed by atoms with van der Waals surface area (Å²) in [5, 5.41) is 15.8. The Hall–Kier alpha value is -3.78. The van der Waals surface area contributed by atoms with Gasteiger partial charge in [0, 0.05) is 24.1 Å². The molecule has 9 heteroatoms. The van der Waals surface area contributed by atoms with Gasteiger partial charge in [-0.25, -0.2) is 0 Å². The lowest BCUT2D eigenvalue weighted by molar-refractivity contribution is -0.116. The van der Waals surface area contributed by atoms with Crippen molar-refractivity contribution in [2.24, 2.45) is 0 Å². The average molecular weight is 447 g/mol. The molecule has 0 spiro atoms. The predicted octanol–water partition coefficient (Wildman–Crippen LogP) is 4.07. The van der Waals surface area contributed by atoms with Gasteiger partial charge in [0.25, 0.3) is 0 Å². The molecule has 0 aliphatic carbocycles. The number of hydrogen-bond donors (Lipinski definition) is 1. The van der Waals surface area contributed by atoms with Gasteiger partial charge in [-0.3, -0.25) is 9.78 Å². The van der Waals surface area contributed by atoms with Crippen molar-refractivity contribution in [2.45, 2.75) is 25.9 Å². The number of ether oxygens (including phenoxy) is 1. The lowest BCUT2D eigenvalue weighted by atomic mass is 9.86. The smallest absolute Gasteiger partial charge is 0.226 e. The van der Waals surface area contributed by atoms with Crippen LogP contribution >= 0.6 is 11.6 Å². The largest absolute Gasteiger partial charge is 0.487 e. The van der Waals surface area contributed by atoms with E-state index < -0.39 is 0 Å². The molecule has 1 atom stereocenters. The average Bonchev–Trinajstić information content (AvgIpc) is 3.14. The summed E-state index contributed by atoms with van der Waals surface area (Å²) in [7, 11) is 0. The maximum Gasteiger partial charge on any atom is 0.226 e. The normalized spacial score (nSPS) is 15.2. The van der Waals surface area contributed by atoms with Crippen molar-refractivity contribution in [1.82, 2.24) is 25.0 Å². The Labute approximate surface area is 189 Å². The molecule has 3 aromatic heterocycles. The fourth-order valence-electron chi connectivity index (χ4n) is 3.88. The maximum absolute atomic E-state index is 12.6. The zero-order valence-corrected chi connectivity index (χ0v) is 18.0. The Morgan fingerprint density at radius 3 is 2.84 bits per heavy atom. The van der Waals surface area contributed by atoms with Crippen molar-refractivity contribution in [3.63, 3.8) is 0 Å². The van der Waals surface area contributed by atoms with E-state index in [1.165, 1.54) is 0 Å². The van der Waals surface area contributed by atoms with Gasteiger partial charge in [-0.2, -0.15) is 9.78 Å². The lowest BCUT2D eigenvalue weighted by Gasteiger charge is -2.24. The van der Waals surface area contributed by atoms with Gasteiger partial charge >= 0.3 is 0 Å². The Morgan fingerprint density at radius 1 is 1.16 bits per heavy atom. The SMILES string of the molecule is Cc1nn(-c2ccc(Cl)nn2)c2c1[C@@H](c1cccc(OCc3ccccn3)c1)CC(=O)N2. The second-order valence-corrected chi connectivity index (χ2v) is 7.85. The number of carbonyl (C=O) groups excluding carboxylic acids is 1. The third kappa shape index (κ3) is 3.92.